The van der Waals surface area contributed by atoms with Gasteiger partial charge in [-0.15, -0.1) is 5.82 Å². The van der Waals surface area contributed by atoms with Gasteiger partial charge in [0.25, 0.3) is 0 Å². The number of carboxylic acids is 1. The van der Waals surface area contributed by atoms with Crippen molar-refractivity contribution in [2.75, 3.05) is 0 Å². The third kappa shape index (κ3) is 6.77. The van der Waals surface area contributed by atoms with Crippen LogP contribution in [-0.4, -0.2) is 21.0 Å². The number of nitrogens with zero attached hydrogens (tertiary/aromatic N) is 2. The van der Waals surface area contributed by atoms with E-state index in [4.69, 9.17) is 5.11 Å². The minimum Gasteiger partial charge on any atom is -0.477 e. The molecule has 7 heteroatoms. The van der Waals surface area contributed by atoms with Gasteiger partial charge in [0.15, 0.2) is 0 Å². The molecule has 1 aromatic carbocycles. The number of rotatable bonds is 2. The van der Waals surface area contributed by atoms with Gasteiger partial charge in [0.2, 0.25) is 0 Å². The minimum absolute atomic E-state index is 0. The number of carboxylic acid groups (broad SMARTS) is 1. The second-order valence-electron chi connectivity index (χ2n) is 4.06. The third-order valence-electron chi connectivity index (χ3n) is 2.55. The number of hydrogen-bond acceptors (Lipinski definition) is 3. The molecule has 2 radical (unpaired) electrons. The zero-order valence-corrected chi connectivity index (χ0v) is 16.9. The van der Waals surface area contributed by atoms with Crippen molar-refractivity contribution in [2.45, 2.75) is 0 Å². The number of hydrogen-bond donors (Lipinski definition) is 1. The van der Waals surface area contributed by atoms with Gasteiger partial charge < -0.3 is 27.7 Å². The summed E-state index contributed by atoms with van der Waals surface area (Å²) in [6.45, 7) is 0. The number of benzene rings is 1. The molecule has 0 fully saturated rings. The summed E-state index contributed by atoms with van der Waals surface area (Å²) in [5, 5.41) is 8.32. The van der Waals surface area contributed by atoms with Crippen molar-refractivity contribution in [1.29, 1.82) is 0 Å². The number of pyridine rings is 2. The summed E-state index contributed by atoms with van der Waals surface area (Å²) in [7, 11) is 0. The molecule has 3 rings (SSSR count). The fraction of sp³-hybridized carbons (Fsp3) is 0. The van der Waals surface area contributed by atoms with Crippen LogP contribution in [-0.2, 0) is 40.2 Å². The first-order valence-electron chi connectivity index (χ1n) is 6.31. The van der Waals surface area contributed by atoms with Crippen LogP contribution >= 0.6 is 0 Å². The van der Waals surface area contributed by atoms with Crippen molar-refractivity contribution in [3.05, 3.63) is 84.6 Å². The van der Waals surface area contributed by atoms with Gasteiger partial charge in [-0.3, -0.25) is 11.1 Å². The molecule has 0 aliphatic rings. The summed E-state index contributed by atoms with van der Waals surface area (Å²) < 4.78 is 13.2. The van der Waals surface area contributed by atoms with Gasteiger partial charge in [-0.25, -0.2) is 15.3 Å². The van der Waals surface area contributed by atoms with Gasteiger partial charge in [-0.1, -0.05) is 12.1 Å². The predicted octanol–water partition coefficient (Wildman–Crippen LogP) is 3.26. The van der Waals surface area contributed by atoms with Crippen molar-refractivity contribution < 1.29 is 54.5 Å². The van der Waals surface area contributed by atoms with Crippen LogP contribution in [0.3, 0.4) is 0 Å². The van der Waals surface area contributed by atoms with Crippen LogP contribution in [0.25, 0.3) is 11.3 Å². The van der Waals surface area contributed by atoms with E-state index in [2.05, 4.69) is 22.1 Å². The molecule has 3 aromatic rings. The Morgan fingerprint density at radius 1 is 1.04 bits per heavy atom. The van der Waals surface area contributed by atoms with E-state index in [0.717, 1.165) is 0 Å². The molecule has 0 bridgehead atoms. The molecule has 0 saturated carbocycles. The Kier molecular flexibility index (Phi) is 10.8. The molecule has 2 heterocycles. The molecule has 0 unspecified atom stereocenters. The van der Waals surface area contributed by atoms with E-state index in [1.165, 1.54) is 18.3 Å². The molecule has 0 atom stereocenters. The number of halogens is 1. The fourth-order valence-electron chi connectivity index (χ4n) is 1.57. The average Bonchev–Trinajstić information content (AvgIpc) is 2.57. The smallest absolute Gasteiger partial charge is 0.354 e. The van der Waals surface area contributed by atoms with Crippen LogP contribution in [0.5, 0.6) is 0 Å². The van der Waals surface area contributed by atoms with Crippen LogP contribution in [0.15, 0.2) is 60.9 Å². The summed E-state index contributed by atoms with van der Waals surface area (Å²) in [5.74, 6) is -1.34. The van der Waals surface area contributed by atoms with Gasteiger partial charge in [0, 0.05) is 58.3 Å². The Labute approximate surface area is 165 Å². The van der Waals surface area contributed by atoms with Crippen LogP contribution in [0, 0.1) is 17.9 Å². The second-order valence-corrected chi connectivity index (χ2v) is 4.06. The molecule has 128 valence electrons. The summed E-state index contributed by atoms with van der Waals surface area (Å²) in [5.41, 5.74) is 1.06. The van der Waals surface area contributed by atoms with Crippen LogP contribution in [0.4, 0.5) is 4.39 Å². The number of aromatic nitrogens is 2. The van der Waals surface area contributed by atoms with Gasteiger partial charge in [0.1, 0.15) is 5.69 Å². The fourth-order valence-corrected chi connectivity index (χ4v) is 1.57. The van der Waals surface area contributed by atoms with Crippen molar-refractivity contribution in [1.82, 2.24) is 9.97 Å². The first-order chi connectivity index (χ1) is 10.7. The van der Waals surface area contributed by atoms with E-state index in [-0.39, 0.29) is 51.7 Å². The normalized spacial score (nSPS) is 8.71. The van der Waals surface area contributed by atoms with Crippen LogP contribution < -0.4 is 0 Å². The molecule has 4 nitrogen and oxygen atoms in total. The van der Waals surface area contributed by atoms with Crippen molar-refractivity contribution >= 4 is 5.97 Å². The molecular formula is C17H11FIr2N2O2-2. The van der Waals surface area contributed by atoms with Crippen molar-refractivity contribution in [2.24, 2.45) is 0 Å². The molecular weight excluding hydrogens is 668 g/mol. The average molecular weight is 679 g/mol. The third-order valence-corrected chi connectivity index (χ3v) is 2.55. The van der Waals surface area contributed by atoms with Crippen LogP contribution in [0.1, 0.15) is 10.5 Å². The van der Waals surface area contributed by atoms with E-state index in [1.807, 2.05) is 6.07 Å². The maximum Gasteiger partial charge on any atom is 0.354 e. The molecule has 0 saturated heterocycles. The Bertz CT molecular complexity index is 744. The van der Waals surface area contributed by atoms with E-state index < -0.39 is 5.97 Å². The second kappa shape index (κ2) is 11.7. The summed E-state index contributed by atoms with van der Waals surface area (Å²) in [6.07, 6.45) is 3.07. The van der Waals surface area contributed by atoms with Crippen LogP contribution in [0.2, 0.25) is 0 Å². The Morgan fingerprint density at radius 2 is 1.71 bits per heavy atom. The van der Waals surface area contributed by atoms with Gasteiger partial charge >= 0.3 is 5.97 Å². The summed E-state index contributed by atoms with van der Waals surface area (Å²) in [4.78, 5) is 17.7. The van der Waals surface area contributed by atoms with E-state index in [9.17, 15) is 9.18 Å². The Morgan fingerprint density at radius 3 is 2.17 bits per heavy atom. The first-order valence-corrected chi connectivity index (χ1v) is 6.31. The first kappa shape index (κ1) is 22.2. The molecule has 1 N–H and O–H groups in total. The molecule has 24 heavy (non-hydrogen) atoms. The SMILES string of the molecule is Fc1c[c-]c[c-]c1-c1ccccn1.O=C(O)c1ccccn1.[Ir].[Ir]. The van der Waals surface area contributed by atoms with Crippen molar-refractivity contribution in [3.63, 3.8) is 0 Å². The zero-order valence-electron chi connectivity index (χ0n) is 12.1. The van der Waals surface area contributed by atoms with Gasteiger partial charge in [-0.05, 0) is 24.3 Å². The quantitative estimate of drug-likeness (QED) is 0.423. The predicted molar refractivity (Wildman–Crippen MR) is 78.5 cm³/mol. The van der Waals surface area contributed by atoms with Crippen molar-refractivity contribution in [3.8, 4) is 11.3 Å². The monoisotopic (exact) mass is 680 g/mol. The topological polar surface area (TPSA) is 63.1 Å². The van der Waals surface area contributed by atoms with E-state index in [1.54, 1.807) is 36.5 Å². The minimum atomic E-state index is -0.990. The molecule has 0 aliphatic heterocycles. The van der Waals surface area contributed by atoms with Gasteiger partial charge in [0.05, 0.1) is 0 Å². The maximum atomic E-state index is 13.2. The zero-order chi connectivity index (χ0) is 15.8. The molecule has 0 aliphatic carbocycles. The Balaban J connectivity index is 0.000000431. The molecule has 2 aromatic heterocycles. The number of carbonyl (C=O) groups is 1. The largest absolute Gasteiger partial charge is 0.477 e. The molecule has 0 spiro atoms. The van der Waals surface area contributed by atoms with E-state index >= 15 is 0 Å². The van der Waals surface area contributed by atoms with Gasteiger partial charge in [-0.2, -0.15) is 0 Å². The number of aromatic carboxylic acids is 1. The summed E-state index contributed by atoms with van der Waals surface area (Å²) in [6, 6.07) is 18.3. The Hall–Kier alpha value is -1.78. The standard InChI is InChI=1S/C11H6FN.C6H5NO2.2Ir/c12-10-6-2-1-5-9(10)11-7-3-4-8-13-11;8-6(9)5-3-1-2-4-7-5;;/h1,3-4,6-8H;1-4H,(H,8,9);;/q-2;;;. The maximum absolute atomic E-state index is 13.2. The van der Waals surface area contributed by atoms with E-state index in [0.29, 0.717) is 11.3 Å². The molecule has 0 amide bonds. The summed E-state index contributed by atoms with van der Waals surface area (Å²) >= 11 is 0.